The highest BCUT2D eigenvalue weighted by Gasteiger charge is 2.31. The second-order valence-electron chi connectivity index (χ2n) is 9.15. The van der Waals surface area contributed by atoms with Gasteiger partial charge in [-0.3, -0.25) is 24.0 Å². The van der Waals surface area contributed by atoms with Crippen molar-refractivity contribution in [3.05, 3.63) is 36.0 Å². The summed E-state index contributed by atoms with van der Waals surface area (Å²) in [5, 5.41) is 17.4. The molecule has 0 saturated carbocycles. The van der Waals surface area contributed by atoms with E-state index in [2.05, 4.69) is 20.9 Å². The first-order valence-electron chi connectivity index (χ1n) is 12.4. The number of carboxylic acids is 1. The van der Waals surface area contributed by atoms with Crippen LogP contribution in [-0.4, -0.2) is 81.8 Å². The number of aromatic nitrogens is 1. The highest BCUT2D eigenvalue weighted by molar-refractivity contribution is 7.98. The quantitative estimate of drug-likeness (QED) is 0.108. The van der Waals surface area contributed by atoms with Crippen LogP contribution in [0.15, 0.2) is 30.5 Å². The summed E-state index contributed by atoms with van der Waals surface area (Å²) >= 11 is 1.38. The highest BCUT2D eigenvalue weighted by atomic mass is 32.2. The number of carbonyl (C=O) groups excluding carboxylic acids is 5. The number of hydrogen-bond donors (Lipinski definition) is 8. The van der Waals surface area contributed by atoms with Crippen molar-refractivity contribution in [3.63, 3.8) is 0 Å². The fourth-order valence-corrected chi connectivity index (χ4v) is 4.38. The van der Waals surface area contributed by atoms with Crippen LogP contribution in [0.2, 0.25) is 0 Å². The molecule has 0 saturated heterocycles. The molecule has 0 bridgehead atoms. The van der Waals surface area contributed by atoms with Crippen LogP contribution in [0.1, 0.15) is 31.2 Å². The summed E-state index contributed by atoms with van der Waals surface area (Å²) < 4.78 is 0. The van der Waals surface area contributed by atoms with Crippen LogP contribution in [0.5, 0.6) is 0 Å². The van der Waals surface area contributed by atoms with Crippen molar-refractivity contribution >= 4 is 58.2 Å². The number of fused-ring (bicyclic) bond motifs is 1. The number of rotatable bonds is 17. The second-order valence-corrected chi connectivity index (χ2v) is 10.1. The third-order valence-corrected chi connectivity index (χ3v) is 6.67. The van der Waals surface area contributed by atoms with Crippen LogP contribution in [0.4, 0.5) is 0 Å². The van der Waals surface area contributed by atoms with Gasteiger partial charge in [0.1, 0.15) is 18.1 Å². The van der Waals surface area contributed by atoms with Crippen molar-refractivity contribution < 1.29 is 33.9 Å². The van der Waals surface area contributed by atoms with Gasteiger partial charge in [0.25, 0.3) is 0 Å². The maximum Gasteiger partial charge on any atom is 0.326 e. The molecule has 4 unspecified atom stereocenters. The Morgan fingerprint density at radius 2 is 1.52 bits per heavy atom. The van der Waals surface area contributed by atoms with E-state index in [1.807, 2.05) is 24.3 Å². The van der Waals surface area contributed by atoms with Crippen LogP contribution in [0.25, 0.3) is 10.9 Å². The number of aliphatic carboxylic acids is 1. The van der Waals surface area contributed by atoms with Gasteiger partial charge in [-0.2, -0.15) is 11.8 Å². The lowest BCUT2D eigenvalue weighted by molar-refractivity contribution is -0.142. The van der Waals surface area contributed by atoms with Gasteiger partial charge in [-0.25, -0.2) is 4.79 Å². The van der Waals surface area contributed by atoms with Crippen LogP contribution in [0.3, 0.4) is 0 Å². The number of amides is 5. The number of H-pyrrole nitrogens is 1. The summed E-state index contributed by atoms with van der Waals surface area (Å²) in [5.41, 5.74) is 18.2. The maximum absolute atomic E-state index is 13.1. The smallest absolute Gasteiger partial charge is 0.326 e. The lowest BCUT2D eigenvalue weighted by Gasteiger charge is -2.24. The minimum absolute atomic E-state index is 0.118. The van der Waals surface area contributed by atoms with Crippen LogP contribution in [-0.2, 0) is 35.2 Å². The first kappa shape index (κ1) is 32.1. The van der Waals surface area contributed by atoms with Crippen LogP contribution in [0, 0.1) is 0 Å². The van der Waals surface area contributed by atoms with E-state index < -0.39 is 66.1 Å². The largest absolute Gasteiger partial charge is 0.480 e. The first-order chi connectivity index (χ1) is 18.9. The molecule has 0 spiro atoms. The molecule has 1 aromatic heterocycles. The van der Waals surface area contributed by atoms with Crippen molar-refractivity contribution in [2.24, 2.45) is 17.2 Å². The van der Waals surface area contributed by atoms with Crippen LogP contribution < -0.4 is 33.2 Å². The predicted octanol–water partition coefficient (Wildman–Crippen LogP) is -1.53. The van der Waals surface area contributed by atoms with Crippen molar-refractivity contribution in [2.45, 2.75) is 56.3 Å². The zero-order chi connectivity index (χ0) is 29.8. The van der Waals surface area contributed by atoms with Crippen LogP contribution >= 0.6 is 11.8 Å². The Labute approximate surface area is 234 Å². The molecule has 0 fully saturated rings. The molecular formula is C25H35N7O7S. The number of hydrogen-bond acceptors (Lipinski definition) is 8. The molecule has 14 nitrogen and oxygen atoms in total. The van der Waals surface area contributed by atoms with Gasteiger partial charge in [0.15, 0.2) is 0 Å². The Hall–Kier alpha value is -4.11. The molecule has 5 amide bonds. The molecule has 0 aliphatic rings. The van der Waals surface area contributed by atoms with E-state index in [-0.39, 0.29) is 25.7 Å². The lowest BCUT2D eigenvalue weighted by Crippen LogP contribution is -2.58. The summed E-state index contributed by atoms with van der Waals surface area (Å²) in [5.74, 6) is -5.06. The van der Waals surface area contributed by atoms with Gasteiger partial charge in [0.05, 0.1) is 12.5 Å². The minimum atomic E-state index is -1.49. The molecule has 0 radical (unpaired) electrons. The number of nitrogens with one attached hydrogen (secondary N) is 4. The normalized spacial score (nSPS) is 13.9. The summed E-state index contributed by atoms with van der Waals surface area (Å²) in [6.45, 7) is 0. The van der Waals surface area contributed by atoms with Crippen molar-refractivity contribution in [1.29, 1.82) is 0 Å². The molecule has 15 heteroatoms. The fourth-order valence-electron chi connectivity index (χ4n) is 3.91. The molecule has 40 heavy (non-hydrogen) atoms. The Bertz CT molecular complexity index is 1240. The minimum Gasteiger partial charge on any atom is -0.480 e. The van der Waals surface area contributed by atoms with E-state index >= 15 is 0 Å². The van der Waals surface area contributed by atoms with Gasteiger partial charge in [-0.05, 0) is 42.9 Å². The number of nitrogens with two attached hydrogens (primary N) is 3. The molecular weight excluding hydrogens is 542 g/mol. The Morgan fingerprint density at radius 1 is 0.900 bits per heavy atom. The third-order valence-electron chi connectivity index (χ3n) is 6.03. The molecule has 0 aliphatic heterocycles. The molecule has 0 aliphatic carbocycles. The average molecular weight is 578 g/mol. The summed E-state index contributed by atoms with van der Waals surface area (Å²) in [4.78, 5) is 76.5. The molecule has 4 atom stereocenters. The number of carboxylic acid groups (broad SMARTS) is 1. The predicted molar refractivity (Wildman–Crippen MR) is 149 cm³/mol. The number of carbonyl (C=O) groups is 6. The molecule has 1 heterocycles. The standard InChI is InChI=1S/C25H35N7O7S/c1-40-9-8-18(25(38)39)31-23(36)17(6-7-20(27)33)30-24(37)19(11-21(28)34)32-22(35)15(26)10-13-12-29-16-5-3-2-4-14(13)16/h2-5,12,15,17-19,29H,6-11,26H2,1H3,(H2,27,33)(H2,28,34)(H,30,37)(H,31,36)(H,32,35)(H,38,39). The summed E-state index contributed by atoms with van der Waals surface area (Å²) in [6, 6.07) is 2.21. The Morgan fingerprint density at radius 3 is 2.15 bits per heavy atom. The Kier molecular flexibility index (Phi) is 12.4. The molecule has 218 valence electrons. The summed E-state index contributed by atoms with van der Waals surface area (Å²) in [7, 11) is 0. The van der Waals surface area contributed by atoms with Crippen molar-refractivity contribution in [3.8, 4) is 0 Å². The topological polar surface area (TPSA) is 253 Å². The van der Waals surface area contributed by atoms with Gasteiger partial charge in [0, 0.05) is 23.5 Å². The van der Waals surface area contributed by atoms with E-state index in [4.69, 9.17) is 17.2 Å². The maximum atomic E-state index is 13.1. The van der Waals surface area contributed by atoms with Gasteiger partial charge in [-0.15, -0.1) is 0 Å². The second kappa shape index (κ2) is 15.5. The molecule has 11 N–H and O–H groups in total. The molecule has 1 aromatic carbocycles. The van der Waals surface area contributed by atoms with Crippen molar-refractivity contribution in [1.82, 2.24) is 20.9 Å². The third kappa shape index (κ3) is 9.89. The zero-order valence-electron chi connectivity index (χ0n) is 22.0. The van der Waals surface area contributed by atoms with E-state index in [0.29, 0.717) is 5.75 Å². The molecule has 2 aromatic rings. The highest BCUT2D eigenvalue weighted by Crippen LogP contribution is 2.18. The first-order valence-corrected chi connectivity index (χ1v) is 13.8. The van der Waals surface area contributed by atoms with E-state index in [1.165, 1.54) is 11.8 Å². The fraction of sp³-hybridized carbons (Fsp3) is 0.440. The number of para-hydroxylation sites is 1. The van der Waals surface area contributed by atoms with Gasteiger partial charge >= 0.3 is 5.97 Å². The average Bonchev–Trinajstić information content (AvgIpc) is 3.30. The van der Waals surface area contributed by atoms with E-state index in [0.717, 1.165) is 16.5 Å². The van der Waals surface area contributed by atoms with Gasteiger partial charge in [0.2, 0.25) is 29.5 Å². The van der Waals surface area contributed by atoms with Gasteiger partial charge in [-0.1, -0.05) is 18.2 Å². The number of benzene rings is 1. The summed E-state index contributed by atoms with van der Waals surface area (Å²) in [6.07, 6.45) is 2.58. The zero-order valence-corrected chi connectivity index (χ0v) is 22.8. The van der Waals surface area contributed by atoms with Crippen molar-refractivity contribution in [2.75, 3.05) is 12.0 Å². The number of thioether (sulfide) groups is 1. The van der Waals surface area contributed by atoms with Gasteiger partial charge < -0.3 is 43.2 Å². The SMILES string of the molecule is CSCCC(NC(=O)C(CCC(N)=O)NC(=O)C(CC(N)=O)NC(=O)C(N)Cc1c[nH]c2ccccc12)C(=O)O. The number of aromatic amines is 1. The van der Waals surface area contributed by atoms with E-state index in [1.54, 1.807) is 12.5 Å². The number of primary amides is 2. The van der Waals surface area contributed by atoms with E-state index in [9.17, 15) is 33.9 Å². The Balaban J connectivity index is 2.14. The monoisotopic (exact) mass is 577 g/mol. The molecule has 2 rings (SSSR count). The lowest BCUT2D eigenvalue weighted by atomic mass is 10.0.